The van der Waals surface area contributed by atoms with Gasteiger partial charge < -0.3 is 14.6 Å². The number of hydrogen-bond donors (Lipinski definition) is 1. The number of nitrogens with zero attached hydrogens (tertiary/aromatic N) is 3. The van der Waals surface area contributed by atoms with Gasteiger partial charge in [-0.3, -0.25) is 24.2 Å². The Bertz CT molecular complexity index is 1700. The van der Waals surface area contributed by atoms with Crippen molar-refractivity contribution in [1.82, 2.24) is 14.4 Å². The van der Waals surface area contributed by atoms with Gasteiger partial charge in [0.15, 0.2) is 5.69 Å². The summed E-state index contributed by atoms with van der Waals surface area (Å²) < 4.78 is 6.76. The van der Waals surface area contributed by atoms with Crippen LogP contribution in [0.25, 0.3) is 10.9 Å². The van der Waals surface area contributed by atoms with Crippen LogP contribution >= 0.6 is 0 Å². The van der Waals surface area contributed by atoms with Crippen molar-refractivity contribution >= 4 is 40.3 Å². The second-order valence-corrected chi connectivity index (χ2v) is 10.5. The first-order valence-electron chi connectivity index (χ1n) is 13.5. The van der Waals surface area contributed by atoms with Crippen LogP contribution in [0.3, 0.4) is 0 Å². The van der Waals surface area contributed by atoms with Gasteiger partial charge in [0.1, 0.15) is 0 Å². The fourth-order valence-electron chi connectivity index (χ4n) is 6.07. The number of carbonyl (C=O) groups excluding carboxylic acids is 4. The predicted molar refractivity (Wildman–Crippen MR) is 154 cm³/mol. The van der Waals surface area contributed by atoms with Crippen molar-refractivity contribution in [1.29, 1.82) is 0 Å². The summed E-state index contributed by atoms with van der Waals surface area (Å²) in [4.78, 5) is 56.1. The highest BCUT2D eigenvalue weighted by Gasteiger charge is 2.39. The number of carbonyl (C=O) groups is 4. The largest absolute Gasteiger partial charge is 0.464 e. The summed E-state index contributed by atoms with van der Waals surface area (Å²) in [7, 11) is 3.07. The molecule has 1 aromatic heterocycles. The average molecular weight is 551 g/mol. The van der Waals surface area contributed by atoms with E-state index in [2.05, 4.69) is 5.32 Å². The second kappa shape index (κ2) is 10.3. The molecule has 208 valence electrons. The molecular formula is C32H30N4O5. The minimum absolute atomic E-state index is 0.00495. The Morgan fingerprint density at radius 3 is 2.37 bits per heavy atom. The van der Waals surface area contributed by atoms with Crippen LogP contribution in [0.5, 0.6) is 0 Å². The van der Waals surface area contributed by atoms with Crippen molar-refractivity contribution in [3.05, 3.63) is 100 Å². The molecule has 0 bridgehead atoms. The van der Waals surface area contributed by atoms with Gasteiger partial charge in [0.2, 0.25) is 5.91 Å². The minimum Gasteiger partial charge on any atom is -0.464 e. The van der Waals surface area contributed by atoms with E-state index in [1.54, 1.807) is 35.9 Å². The molecule has 0 saturated heterocycles. The molecule has 9 heteroatoms. The number of imide groups is 1. The number of aryl methyl sites for hydroxylation is 2. The number of methoxy groups -OCH3 is 1. The van der Waals surface area contributed by atoms with Crippen LogP contribution in [0, 0.1) is 6.92 Å². The summed E-state index contributed by atoms with van der Waals surface area (Å²) in [6.07, 6.45) is 0.725. The number of rotatable bonds is 6. The topological polar surface area (TPSA) is 101 Å². The summed E-state index contributed by atoms with van der Waals surface area (Å²) in [5.41, 5.74) is 5.35. The normalized spacial score (nSPS) is 16.6. The monoisotopic (exact) mass is 550 g/mol. The van der Waals surface area contributed by atoms with E-state index in [4.69, 9.17) is 4.74 Å². The molecule has 0 radical (unpaired) electrons. The molecule has 6 rings (SSSR count). The van der Waals surface area contributed by atoms with E-state index in [1.165, 1.54) is 12.0 Å². The lowest BCUT2D eigenvalue weighted by molar-refractivity contribution is -0.118. The van der Waals surface area contributed by atoms with Gasteiger partial charge in [-0.1, -0.05) is 48.0 Å². The maximum Gasteiger partial charge on any atom is 0.356 e. The quantitative estimate of drug-likeness (QED) is 0.287. The standard InChI is InChI=1S/C32H30N4O5/c1-19-12-13-25-24(16-19)28(29(34(25)2)32(40)41-3)33-27(37)18-35-15-14-20-8-4-5-9-21(20)26(35)17-36-30(38)22-10-6-7-11-23(22)31(36)39/h4-13,16,26H,14-15,17-18H2,1-3H3,(H,33,37)/t26-/m0/s1. The molecule has 0 spiro atoms. The first-order chi connectivity index (χ1) is 19.8. The van der Waals surface area contributed by atoms with Gasteiger partial charge in [0.05, 0.1) is 42.0 Å². The maximum atomic E-state index is 13.6. The zero-order valence-electron chi connectivity index (χ0n) is 23.1. The molecule has 1 atom stereocenters. The Morgan fingerprint density at radius 1 is 0.976 bits per heavy atom. The first kappa shape index (κ1) is 26.5. The van der Waals surface area contributed by atoms with Gasteiger partial charge in [-0.05, 0) is 48.7 Å². The van der Waals surface area contributed by atoms with E-state index in [0.29, 0.717) is 23.4 Å². The van der Waals surface area contributed by atoms with Crippen LogP contribution < -0.4 is 5.32 Å². The summed E-state index contributed by atoms with van der Waals surface area (Å²) >= 11 is 0. The Morgan fingerprint density at radius 2 is 1.66 bits per heavy atom. The van der Waals surface area contributed by atoms with Crippen LogP contribution in [0.4, 0.5) is 5.69 Å². The first-order valence-corrected chi connectivity index (χ1v) is 13.5. The van der Waals surface area contributed by atoms with Gasteiger partial charge >= 0.3 is 5.97 Å². The molecule has 4 aromatic rings. The number of ether oxygens (including phenoxy) is 1. The van der Waals surface area contributed by atoms with Crippen LogP contribution in [-0.2, 0) is 23.0 Å². The molecule has 3 heterocycles. The van der Waals surface area contributed by atoms with Crippen LogP contribution in [0.1, 0.15) is 53.9 Å². The molecule has 41 heavy (non-hydrogen) atoms. The van der Waals surface area contributed by atoms with Gasteiger partial charge in [-0.15, -0.1) is 0 Å². The number of hydrogen-bond acceptors (Lipinski definition) is 6. The van der Waals surface area contributed by atoms with Crippen LogP contribution in [0.2, 0.25) is 0 Å². The molecule has 0 fully saturated rings. The molecule has 0 saturated carbocycles. The van der Waals surface area contributed by atoms with E-state index in [-0.39, 0.29) is 42.5 Å². The summed E-state index contributed by atoms with van der Waals surface area (Å²) in [6.45, 7) is 2.64. The van der Waals surface area contributed by atoms with E-state index >= 15 is 0 Å². The van der Waals surface area contributed by atoms with Crippen molar-refractivity contribution in [3.8, 4) is 0 Å². The Kier molecular flexibility index (Phi) is 6.67. The fourth-order valence-corrected chi connectivity index (χ4v) is 6.07. The molecular weight excluding hydrogens is 520 g/mol. The molecule has 2 aliphatic heterocycles. The maximum absolute atomic E-state index is 13.6. The number of amides is 3. The molecule has 0 unspecified atom stereocenters. The highest BCUT2D eigenvalue weighted by Crippen LogP contribution is 2.35. The van der Waals surface area contributed by atoms with Crippen LogP contribution in [-0.4, -0.2) is 64.8 Å². The zero-order chi connectivity index (χ0) is 28.8. The number of aromatic nitrogens is 1. The molecule has 3 aromatic carbocycles. The lowest BCUT2D eigenvalue weighted by atomic mass is 9.92. The van der Waals surface area contributed by atoms with Crippen LogP contribution in [0.15, 0.2) is 66.7 Å². The zero-order valence-corrected chi connectivity index (χ0v) is 23.1. The number of esters is 1. The lowest BCUT2D eigenvalue weighted by Gasteiger charge is -2.38. The fraction of sp³-hybridized carbons (Fsp3) is 0.250. The van der Waals surface area contributed by atoms with E-state index in [9.17, 15) is 19.2 Å². The van der Waals surface area contributed by atoms with Gasteiger partial charge in [0.25, 0.3) is 11.8 Å². The van der Waals surface area contributed by atoms with E-state index in [0.717, 1.165) is 34.0 Å². The molecule has 3 amide bonds. The smallest absolute Gasteiger partial charge is 0.356 e. The molecule has 0 aliphatic carbocycles. The molecule has 9 nitrogen and oxygen atoms in total. The Labute approximate surface area is 237 Å². The Balaban J connectivity index is 1.31. The van der Waals surface area contributed by atoms with Crippen molar-refractivity contribution in [3.63, 3.8) is 0 Å². The summed E-state index contributed by atoms with van der Waals surface area (Å²) in [5.74, 6) is -1.51. The number of nitrogens with one attached hydrogen (secondary N) is 1. The molecule has 2 aliphatic rings. The SMILES string of the molecule is COC(=O)c1c(NC(=O)CN2CCc3ccccc3[C@@H]2CN2C(=O)c3ccccc3C2=O)c2cc(C)ccc2n1C. The number of benzene rings is 3. The van der Waals surface area contributed by atoms with Crippen molar-refractivity contribution in [2.75, 3.05) is 32.1 Å². The summed E-state index contributed by atoms with van der Waals surface area (Å²) in [6, 6.07) is 20.2. The predicted octanol–water partition coefficient (Wildman–Crippen LogP) is 4.11. The minimum atomic E-state index is -0.549. The van der Waals surface area contributed by atoms with Gasteiger partial charge in [-0.2, -0.15) is 0 Å². The van der Waals surface area contributed by atoms with E-state index in [1.807, 2.05) is 54.3 Å². The Hall–Kier alpha value is -4.76. The highest BCUT2D eigenvalue weighted by molar-refractivity contribution is 6.21. The number of fused-ring (bicyclic) bond motifs is 3. The van der Waals surface area contributed by atoms with Gasteiger partial charge in [0, 0.05) is 25.5 Å². The molecule has 1 N–H and O–H groups in total. The van der Waals surface area contributed by atoms with Crippen molar-refractivity contribution in [2.24, 2.45) is 7.05 Å². The third kappa shape index (κ3) is 4.48. The van der Waals surface area contributed by atoms with Crippen molar-refractivity contribution in [2.45, 2.75) is 19.4 Å². The third-order valence-corrected chi connectivity index (χ3v) is 8.10. The third-order valence-electron chi connectivity index (χ3n) is 8.10. The lowest BCUT2D eigenvalue weighted by Crippen LogP contribution is -2.46. The summed E-state index contributed by atoms with van der Waals surface area (Å²) in [5, 5.41) is 3.73. The average Bonchev–Trinajstić information content (AvgIpc) is 3.38. The second-order valence-electron chi connectivity index (χ2n) is 10.5. The van der Waals surface area contributed by atoms with Gasteiger partial charge in [-0.25, -0.2) is 4.79 Å². The number of anilines is 1. The van der Waals surface area contributed by atoms with E-state index < -0.39 is 5.97 Å². The van der Waals surface area contributed by atoms with Crippen molar-refractivity contribution < 1.29 is 23.9 Å². The highest BCUT2D eigenvalue weighted by atomic mass is 16.5.